The molecule has 0 amide bonds. The van der Waals surface area contributed by atoms with Crippen LogP contribution in [-0.4, -0.2) is 6.66 Å². The fourth-order valence-corrected chi connectivity index (χ4v) is 1.67. The summed E-state index contributed by atoms with van der Waals surface area (Å²) in [6, 6.07) is 8.32. The lowest BCUT2D eigenvalue weighted by molar-refractivity contribution is 0.616. The van der Waals surface area contributed by atoms with E-state index in [-0.39, 0.29) is 0 Å². The highest BCUT2D eigenvalue weighted by Crippen LogP contribution is 2.15. The minimum absolute atomic E-state index is 0.864. The highest BCUT2D eigenvalue weighted by Gasteiger charge is 1.95. The molecule has 0 bridgehead atoms. The van der Waals surface area contributed by atoms with Crippen LogP contribution in [0.15, 0.2) is 34.9 Å². The van der Waals surface area contributed by atoms with E-state index in [2.05, 4.69) is 18.8 Å². The highest BCUT2D eigenvalue weighted by atomic mass is 31.1. The molecule has 1 aromatic carbocycles. The number of furan rings is 1. The Morgan fingerprint density at radius 1 is 1.27 bits per heavy atom. The minimum Gasteiger partial charge on any atom is -0.464 e. The Labute approximate surface area is 67.2 Å². The van der Waals surface area contributed by atoms with Crippen molar-refractivity contribution < 1.29 is 4.42 Å². The minimum atomic E-state index is 0.864. The van der Waals surface area contributed by atoms with Gasteiger partial charge in [0.2, 0.25) is 0 Å². The SMILES string of the molecule is CPc1ccc2occc2c1. The zero-order chi connectivity index (χ0) is 7.68. The van der Waals surface area contributed by atoms with Crippen LogP contribution in [-0.2, 0) is 0 Å². The van der Waals surface area contributed by atoms with Crippen molar-refractivity contribution in [2.45, 2.75) is 0 Å². The second-order valence-electron chi connectivity index (χ2n) is 2.42. The molecule has 1 aromatic heterocycles. The summed E-state index contributed by atoms with van der Waals surface area (Å²) < 4.78 is 5.22. The fourth-order valence-electron chi connectivity index (χ4n) is 1.12. The van der Waals surface area contributed by atoms with Crippen LogP contribution in [0.5, 0.6) is 0 Å². The normalized spacial score (nSPS) is 11.7. The zero-order valence-electron chi connectivity index (χ0n) is 6.29. The smallest absolute Gasteiger partial charge is 0.133 e. The maximum atomic E-state index is 5.22. The van der Waals surface area contributed by atoms with E-state index in [1.807, 2.05) is 12.1 Å². The molecule has 1 nitrogen and oxygen atoms in total. The van der Waals surface area contributed by atoms with Crippen LogP contribution in [0, 0.1) is 0 Å². The van der Waals surface area contributed by atoms with Gasteiger partial charge in [-0.15, -0.1) is 0 Å². The summed E-state index contributed by atoms with van der Waals surface area (Å²) in [6.45, 7) is 2.18. The molecule has 0 radical (unpaired) electrons. The van der Waals surface area contributed by atoms with Crippen LogP contribution in [0.25, 0.3) is 11.0 Å². The second kappa shape index (κ2) is 2.67. The van der Waals surface area contributed by atoms with E-state index in [1.54, 1.807) is 6.26 Å². The Morgan fingerprint density at radius 3 is 3.00 bits per heavy atom. The molecule has 0 aliphatic carbocycles. The van der Waals surface area contributed by atoms with E-state index in [0.29, 0.717) is 0 Å². The third-order valence-corrected chi connectivity index (χ3v) is 2.63. The number of rotatable bonds is 1. The van der Waals surface area contributed by atoms with Crippen molar-refractivity contribution in [3.8, 4) is 0 Å². The molecule has 1 heterocycles. The van der Waals surface area contributed by atoms with Gasteiger partial charge >= 0.3 is 0 Å². The summed E-state index contributed by atoms with van der Waals surface area (Å²) >= 11 is 0. The average Bonchev–Trinajstić information content (AvgIpc) is 2.50. The number of fused-ring (bicyclic) bond motifs is 1. The quantitative estimate of drug-likeness (QED) is 0.590. The van der Waals surface area contributed by atoms with Gasteiger partial charge in [0.1, 0.15) is 5.58 Å². The third kappa shape index (κ3) is 1.17. The topological polar surface area (TPSA) is 13.1 Å². The van der Waals surface area contributed by atoms with Gasteiger partial charge in [0.15, 0.2) is 0 Å². The summed E-state index contributed by atoms with van der Waals surface area (Å²) in [6.07, 6.45) is 1.73. The summed E-state index contributed by atoms with van der Waals surface area (Å²) in [5, 5.41) is 2.59. The molecule has 0 saturated carbocycles. The summed E-state index contributed by atoms with van der Waals surface area (Å²) in [5.41, 5.74) is 0.979. The van der Waals surface area contributed by atoms with E-state index in [0.717, 1.165) is 14.2 Å². The van der Waals surface area contributed by atoms with E-state index >= 15 is 0 Å². The molecule has 0 spiro atoms. The van der Waals surface area contributed by atoms with Crippen LogP contribution >= 0.6 is 8.58 Å². The van der Waals surface area contributed by atoms with Gasteiger partial charge in [-0.05, 0) is 30.2 Å². The first-order valence-corrected chi connectivity index (χ1v) is 5.05. The molecule has 11 heavy (non-hydrogen) atoms. The maximum absolute atomic E-state index is 5.22. The molecular formula is C9H9OP. The lowest BCUT2D eigenvalue weighted by Crippen LogP contribution is -1.89. The first-order valence-electron chi connectivity index (χ1n) is 3.55. The molecule has 0 aliphatic rings. The van der Waals surface area contributed by atoms with Gasteiger partial charge in [-0.3, -0.25) is 0 Å². The van der Waals surface area contributed by atoms with Crippen molar-refractivity contribution >= 4 is 24.9 Å². The van der Waals surface area contributed by atoms with Gasteiger partial charge in [-0.2, -0.15) is 0 Å². The molecule has 2 rings (SSSR count). The van der Waals surface area contributed by atoms with Gasteiger partial charge in [-0.1, -0.05) is 14.6 Å². The Bertz CT molecular complexity index is 364. The van der Waals surface area contributed by atoms with E-state index in [9.17, 15) is 0 Å². The van der Waals surface area contributed by atoms with Crippen molar-refractivity contribution in [1.82, 2.24) is 0 Å². The second-order valence-corrected chi connectivity index (χ2v) is 3.50. The Hall–Kier alpha value is -0.810. The number of hydrogen-bond acceptors (Lipinski definition) is 1. The highest BCUT2D eigenvalue weighted by molar-refractivity contribution is 7.46. The van der Waals surface area contributed by atoms with Crippen LogP contribution < -0.4 is 5.30 Å². The monoisotopic (exact) mass is 164 g/mol. The van der Waals surface area contributed by atoms with Crippen LogP contribution in [0.3, 0.4) is 0 Å². The predicted molar refractivity (Wildman–Crippen MR) is 50.1 cm³/mol. The molecule has 0 saturated heterocycles. The van der Waals surface area contributed by atoms with Gasteiger partial charge in [0, 0.05) is 5.39 Å². The van der Waals surface area contributed by atoms with Gasteiger partial charge < -0.3 is 4.42 Å². The van der Waals surface area contributed by atoms with Crippen molar-refractivity contribution in [3.63, 3.8) is 0 Å². The molecule has 0 N–H and O–H groups in total. The molecular weight excluding hydrogens is 155 g/mol. The molecule has 2 heteroatoms. The lowest BCUT2D eigenvalue weighted by atomic mass is 10.3. The standard InChI is InChI=1S/C9H9OP/c1-11-8-2-3-9-7(6-8)4-5-10-9/h2-6,11H,1H3. The average molecular weight is 164 g/mol. The molecule has 56 valence electrons. The summed E-state index contributed by atoms with van der Waals surface area (Å²) in [7, 11) is 0.864. The lowest BCUT2D eigenvalue weighted by Gasteiger charge is -1.93. The van der Waals surface area contributed by atoms with Crippen LogP contribution in [0.4, 0.5) is 0 Å². The van der Waals surface area contributed by atoms with Crippen LogP contribution in [0.2, 0.25) is 0 Å². The molecule has 1 unspecified atom stereocenters. The van der Waals surface area contributed by atoms with E-state index in [1.165, 1.54) is 10.7 Å². The Kier molecular flexibility index (Phi) is 1.67. The van der Waals surface area contributed by atoms with Crippen molar-refractivity contribution in [2.24, 2.45) is 0 Å². The summed E-state index contributed by atoms with van der Waals surface area (Å²) in [4.78, 5) is 0. The molecule has 0 fully saturated rings. The largest absolute Gasteiger partial charge is 0.464 e. The van der Waals surface area contributed by atoms with E-state index in [4.69, 9.17) is 4.42 Å². The van der Waals surface area contributed by atoms with Gasteiger partial charge in [-0.25, -0.2) is 0 Å². The van der Waals surface area contributed by atoms with Crippen molar-refractivity contribution in [3.05, 3.63) is 30.5 Å². The molecule has 1 atom stereocenters. The van der Waals surface area contributed by atoms with E-state index < -0.39 is 0 Å². The van der Waals surface area contributed by atoms with Crippen molar-refractivity contribution in [2.75, 3.05) is 6.66 Å². The number of benzene rings is 1. The zero-order valence-corrected chi connectivity index (χ0v) is 7.29. The van der Waals surface area contributed by atoms with Crippen LogP contribution in [0.1, 0.15) is 0 Å². The molecule has 2 aromatic rings. The first-order chi connectivity index (χ1) is 5.40. The predicted octanol–water partition coefficient (Wildman–Crippen LogP) is 2.37. The first kappa shape index (κ1) is 6.87. The fraction of sp³-hybridized carbons (Fsp3) is 0.111. The molecule has 0 aliphatic heterocycles. The van der Waals surface area contributed by atoms with Gasteiger partial charge in [0.05, 0.1) is 6.26 Å². The van der Waals surface area contributed by atoms with Crippen molar-refractivity contribution in [1.29, 1.82) is 0 Å². The summed E-state index contributed by atoms with van der Waals surface area (Å²) in [5.74, 6) is 0. The third-order valence-electron chi connectivity index (χ3n) is 1.74. The van der Waals surface area contributed by atoms with Gasteiger partial charge in [0.25, 0.3) is 0 Å². The Morgan fingerprint density at radius 2 is 2.18 bits per heavy atom. The Balaban J connectivity index is 2.67. The number of hydrogen-bond donors (Lipinski definition) is 0. The maximum Gasteiger partial charge on any atom is 0.133 e.